The van der Waals surface area contributed by atoms with Crippen molar-refractivity contribution in [3.05, 3.63) is 41.0 Å². The van der Waals surface area contributed by atoms with Crippen molar-refractivity contribution in [2.45, 2.75) is 33.7 Å². The molecule has 0 aromatic heterocycles. The molecule has 0 atom stereocenters. The molecule has 1 aromatic carbocycles. The first kappa shape index (κ1) is 14.8. The molecule has 1 N–H and O–H groups in total. The molecule has 0 spiro atoms. The summed E-state index contributed by atoms with van der Waals surface area (Å²) in [5.74, 6) is -1.29. The molecule has 0 radical (unpaired) electrons. The van der Waals surface area contributed by atoms with Crippen LogP contribution in [0.4, 0.5) is 8.78 Å². The van der Waals surface area contributed by atoms with E-state index in [1.54, 1.807) is 12.1 Å². The number of halogens is 2. The van der Waals surface area contributed by atoms with Crippen molar-refractivity contribution in [2.75, 3.05) is 6.54 Å². The van der Waals surface area contributed by atoms with Crippen molar-refractivity contribution < 1.29 is 8.78 Å². The van der Waals surface area contributed by atoms with Crippen LogP contribution in [0.25, 0.3) is 6.08 Å². The van der Waals surface area contributed by atoms with Gasteiger partial charge in [0.15, 0.2) is 11.6 Å². The molecular weight excluding hydrogens is 232 g/mol. The Morgan fingerprint density at radius 3 is 2.44 bits per heavy atom. The zero-order valence-corrected chi connectivity index (χ0v) is 11.4. The van der Waals surface area contributed by atoms with Gasteiger partial charge in [0.05, 0.1) is 0 Å². The molecule has 1 nitrogen and oxygen atoms in total. The van der Waals surface area contributed by atoms with Gasteiger partial charge in [0.25, 0.3) is 0 Å². The van der Waals surface area contributed by atoms with Gasteiger partial charge in [0, 0.05) is 18.2 Å². The van der Waals surface area contributed by atoms with Crippen LogP contribution in [0.3, 0.4) is 0 Å². The maximum atomic E-state index is 13.6. The minimum Gasteiger partial charge on any atom is -0.311 e. The predicted molar refractivity (Wildman–Crippen MR) is 72.3 cm³/mol. The summed E-state index contributed by atoms with van der Waals surface area (Å²) in [5.41, 5.74) is 1.37. The standard InChI is InChI=1S/C15H21F2N/c1-10(2)13(9-18-11(3)4)8-12-6-5-7-14(16)15(12)17/h5-8,10-11,18H,9H2,1-4H3. The van der Waals surface area contributed by atoms with E-state index in [2.05, 4.69) is 19.2 Å². The molecule has 0 fully saturated rings. The number of nitrogens with one attached hydrogen (secondary N) is 1. The third-order valence-electron chi connectivity index (χ3n) is 2.78. The van der Waals surface area contributed by atoms with Crippen molar-refractivity contribution in [3.8, 4) is 0 Å². The highest BCUT2D eigenvalue weighted by Gasteiger charge is 2.09. The molecule has 0 aliphatic heterocycles. The second-order valence-electron chi connectivity index (χ2n) is 5.05. The Morgan fingerprint density at radius 2 is 1.89 bits per heavy atom. The average molecular weight is 253 g/mol. The van der Waals surface area contributed by atoms with E-state index < -0.39 is 11.6 Å². The molecule has 0 unspecified atom stereocenters. The second-order valence-corrected chi connectivity index (χ2v) is 5.05. The summed E-state index contributed by atoms with van der Waals surface area (Å²) < 4.78 is 26.7. The van der Waals surface area contributed by atoms with Crippen LogP contribution in [0.15, 0.2) is 23.8 Å². The van der Waals surface area contributed by atoms with E-state index in [4.69, 9.17) is 0 Å². The van der Waals surface area contributed by atoms with Crippen LogP contribution in [0.1, 0.15) is 33.3 Å². The van der Waals surface area contributed by atoms with E-state index in [1.165, 1.54) is 6.07 Å². The van der Waals surface area contributed by atoms with Gasteiger partial charge in [-0.2, -0.15) is 0 Å². The van der Waals surface area contributed by atoms with Crippen LogP contribution in [0.2, 0.25) is 0 Å². The van der Waals surface area contributed by atoms with E-state index in [0.717, 1.165) is 11.6 Å². The molecular formula is C15H21F2N. The summed E-state index contributed by atoms with van der Waals surface area (Å²) in [6.45, 7) is 8.89. The highest BCUT2D eigenvalue weighted by Crippen LogP contribution is 2.18. The Hall–Kier alpha value is -1.22. The number of hydrogen-bond donors (Lipinski definition) is 1. The predicted octanol–water partition coefficient (Wildman–Crippen LogP) is 4.00. The normalized spacial score (nSPS) is 12.6. The van der Waals surface area contributed by atoms with Gasteiger partial charge in [-0.05, 0) is 12.0 Å². The lowest BCUT2D eigenvalue weighted by molar-refractivity contribution is 0.506. The number of rotatable bonds is 5. The van der Waals surface area contributed by atoms with Gasteiger partial charge in [-0.1, -0.05) is 51.5 Å². The van der Waals surface area contributed by atoms with Gasteiger partial charge in [-0.3, -0.25) is 0 Å². The zero-order valence-electron chi connectivity index (χ0n) is 11.4. The molecule has 0 aliphatic rings. The van der Waals surface area contributed by atoms with Crippen LogP contribution in [0.5, 0.6) is 0 Å². The third kappa shape index (κ3) is 4.22. The van der Waals surface area contributed by atoms with Gasteiger partial charge in [-0.25, -0.2) is 8.78 Å². The average Bonchev–Trinajstić information content (AvgIpc) is 2.29. The van der Waals surface area contributed by atoms with E-state index in [0.29, 0.717) is 24.1 Å². The van der Waals surface area contributed by atoms with Gasteiger partial charge in [-0.15, -0.1) is 0 Å². The van der Waals surface area contributed by atoms with Crippen LogP contribution in [-0.2, 0) is 0 Å². The van der Waals surface area contributed by atoms with E-state index in [1.807, 2.05) is 13.8 Å². The molecule has 1 aromatic rings. The van der Waals surface area contributed by atoms with Gasteiger partial charge >= 0.3 is 0 Å². The van der Waals surface area contributed by atoms with Gasteiger partial charge in [0.2, 0.25) is 0 Å². The van der Waals surface area contributed by atoms with E-state index >= 15 is 0 Å². The Labute approximate surface area is 108 Å². The fraction of sp³-hybridized carbons (Fsp3) is 0.467. The Morgan fingerprint density at radius 1 is 1.22 bits per heavy atom. The van der Waals surface area contributed by atoms with Crippen LogP contribution in [0, 0.1) is 17.6 Å². The summed E-state index contributed by atoms with van der Waals surface area (Å²) in [6, 6.07) is 4.62. The SMILES string of the molecule is CC(C)NCC(=Cc1cccc(F)c1F)C(C)C. The smallest absolute Gasteiger partial charge is 0.166 e. The molecule has 3 heteroatoms. The molecule has 0 amide bonds. The fourth-order valence-corrected chi connectivity index (χ4v) is 1.58. The quantitative estimate of drug-likeness (QED) is 0.836. The molecule has 0 aliphatic carbocycles. The van der Waals surface area contributed by atoms with Crippen molar-refractivity contribution in [3.63, 3.8) is 0 Å². The third-order valence-corrected chi connectivity index (χ3v) is 2.78. The first-order chi connectivity index (χ1) is 8.41. The van der Waals surface area contributed by atoms with Crippen LogP contribution in [-0.4, -0.2) is 12.6 Å². The van der Waals surface area contributed by atoms with Gasteiger partial charge in [0.1, 0.15) is 0 Å². The first-order valence-electron chi connectivity index (χ1n) is 6.29. The van der Waals surface area contributed by atoms with Crippen molar-refractivity contribution in [1.29, 1.82) is 0 Å². The van der Waals surface area contributed by atoms with E-state index in [-0.39, 0.29) is 0 Å². The summed E-state index contributed by atoms with van der Waals surface area (Å²) in [7, 11) is 0. The van der Waals surface area contributed by atoms with Crippen molar-refractivity contribution in [2.24, 2.45) is 5.92 Å². The maximum absolute atomic E-state index is 13.6. The van der Waals surface area contributed by atoms with Gasteiger partial charge < -0.3 is 5.32 Å². The Kier molecular flexibility index (Phi) is 5.48. The lowest BCUT2D eigenvalue weighted by atomic mass is 9.99. The largest absolute Gasteiger partial charge is 0.311 e. The molecule has 0 saturated carbocycles. The van der Waals surface area contributed by atoms with Crippen LogP contribution < -0.4 is 5.32 Å². The highest BCUT2D eigenvalue weighted by molar-refractivity contribution is 5.54. The van der Waals surface area contributed by atoms with Crippen molar-refractivity contribution in [1.82, 2.24) is 5.32 Å². The maximum Gasteiger partial charge on any atom is 0.166 e. The number of benzene rings is 1. The molecule has 1 rings (SSSR count). The summed E-state index contributed by atoms with van der Waals surface area (Å²) in [4.78, 5) is 0. The van der Waals surface area contributed by atoms with Crippen LogP contribution >= 0.6 is 0 Å². The van der Waals surface area contributed by atoms with Crippen molar-refractivity contribution >= 4 is 6.08 Å². The second kappa shape index (κ2) is 6.64. The lowest BCUT2D eigenvalue weighted by Gasteiger charge is -2.15. The summed E-state index contributed by atoms with van der Waals surface area (Å²) in [5, 5.41) is 3.30. The monoisotopic (exact) mass is 253 g/mol. The highest BCUT2D eigenvalue weighted by atomic mass is 19.2. The van der Waals surface area contributed by atoms with E-state index in [9.17, 15) is 8.78 Å². The zero-order chi connectivity index (χ0) is 13.7. The first-order valence-corrected chi connectivity index (χ1v) is 6.29. The Bertz CT molecular complexity index is 423. The topological polar surface area (TPSA) is 12.0 Å². The molecule has 100 valence electrons. The molecule has 0 bridgehead atoms. The lowest BCUT2D eigenvalue weighted by Crippen LogP contribution is -2.26. The summed E-state index contributed by atoms with van der Waals surface area (Å²) in [6.07, 6.45) is 1.73. The molecule has 0 heterocycles. The molecule has 0 saturated heterocycles. The molecule has 18 heavy (non-hydrogen) atoms. The fourth-order valence-electron chi connectivity index (χ4n) is 1.58. The Balaban J connectivity index is 2.97. The minimum atomic E-state index is -0.802. The minimum absolute atomic E-state index is 0.291. The number of hydrogen-bond acceptors (Lipinski definition) is 1. The summed E-state index contributed by atoms with van der Waals surface area (Å²) >= 11 is 0.